The molecule has 158 valence electrons. The monoisotopic (exact) mass is 411 g/mol. The number of hydrogen-bond acceptors (Lipinski definition) is 5. The van der Waals surface area contributed by atoms with E-state index >= 15 is 0 Å². The van der Waals surface area contributed by atoms with Crippen LogP contribution in [0.4, 0.5) is 0 Å². The van der Waals surface area contributed by atoms with Gasteiger partial charge in [-0.25, -0.2) is 0 Å². The van der Waals surface area contributed by atoms with Crippen LogP contribution in [0, 0.1) is 10.1 Å². The Balaban J connectivity index is 1.75. The van der Waals surface area contributed by atoms with Crippen LogP contribution in [0.15, 0.2) is 54.6 Å². The van der Waals surface area contributed by atoms with Gasteiger partial charge >= 0.3 is 0 Å². The van der Waals surface area contributed by atoms with Gasteiger partial charge in [0.2, 0.25) is 6.54 Å². The molecule has 0 aromatic heterocycles. The van der Waals surface area contributed by atoms with E-state index < -0.39 is 29.5 Å². The van der Waals surface area contributed by atoms with Crippen molar-refractivity contribution in [3.05, 3.63) is 81.4 Å². The van der Waals surface area contributed by atoms with E-state index in [1.165, 1.54) is 6.07 Å². The molecule has 2 amide bonds. The van der Waals surface area contributed by atoms with E-state index in [2.05, 4.69) is 5.32 Å². The molecule has 8 heteroatoms. The van der Waals surface area contributed by atoms with E-state index in [1.54, 1.807) is 23.1 Å². The molecule has 1 heterocycles. The zero-order valence-electron chi connectivity index (χ0n) is 16.6. The summed E-state index contributed by atoms with van der Waals surface area (Å²) in [7, 11) is 0. The second-order valence-electron chi connectivity index (χ2n) is 7.43. The minimum atomic E-state index is -1.35. The first-order valence-electron chi connectivity index (χ1n) is 9.98. The summed E-state index contributed by atoms with van der Waals surface area (Å²) in [6, 6.07) is 14.7. The highest BCUT2D eigenvalue weighted by Gasteiger charge is 2.27. The summed E-state index contributed by atoms with van der Waals surface area (Å²) in [6.07, 6.45) is 0.843. The Morgan fingerprint density at radius 1 is 1.07 bits per heavy atom. The zero-order chi connectivity index (χ0) is 21.5. The van der Waals surface area contributed by atoms with Gasteiger partial charge in [-0.1, -0.05) is 36.4 Å². The molecule has 2 atom stereocenters. The summed E-state index contributed by atoms with van der Waals surface area (Å²) in [4.78, 5) is 37.4. The number of carbonyl (C=O) groups excluding carboxylic acids is 2. The van der Waals surface area contributed by atoms with Crippen molar-refractivity contribution in [2.45, 2.75) is 31.4 Å². The van der Waals surface area contributed by atoms with Gasteiger partial charge in [0.15, 0.2) is 0 Å². The van der Waals surface area contributed by atoms with Crippen LogP contribution in [0.25, 0.3) is 0 Å². The summed E-state index contributed by atoms with van der Waals surface area (Å²) < 4.78 is 0. The van der Waals surface area contributed by atoms with Crippen LogP contribution in [0.1, 0.15) is 39.1 Å². The molecular weight excluding hydrogens is 386 g/mol. The third kappa shape index (κ3) is 5.64. The van der Waals surface area contributed by atoms with Gasteiger partial charge in [0, 0.05) is 29.1 Å². The molecule has 2 aromatic rings. The molecular formula is C22H25N3O5. The van der Waals surface area contributed by atoms with E-state index in [9.17, 15) is 24.8 Å². The average molecular weight is 411 g/mol. The van der Waals surface area contributed by atoms with Gasteiger partial charge in [0.1, 0.15) is 6.10 Å². The van der Waals surface area contributed by atoms with Crippen molar-refractivity contribution >= 4 is 11.8 Å². The first kappa shape index (κ1) is 21.4. The van der Waals surface area contributed by atoms with Crippen LogP contribution in [0.2, 0.25) is 0 Å². The van der Waals surface area contributed by atoms with Crippen molar-refractivity contribution in [3.63, 3.8) is 0 Å². The van der Waals surface area contributed by atoms with E-state index in [0.29, 0.717) is 18.7 Å². The minimum Gasteiger partial charge on any atom is -0.384 e. The van der Waals surface area contributed by atoms with Gasteiger partial charge < -0.3 is 15.3 Å². The maximum Gasteiger partial charge on any atom is 0.253 e. The lowest BCUT2D eigenvalue weighted by molar-refractivity contribution is -0.491. The minimum absolute atomic E-state index is 0.114. The molecule has 1 saturated heterocycles. The maximum absolute atomic E-state index is 12.8. The van der Waals surface area contributed by atoms with Gasteiger partial charge in [0.25, 0.3) is 11.8 Å². The van der Waals surface area contributed by atoms with Crippen LogP contribution in [0.5, 0.6) is 0 Å². The molecule has 0 saturated carbocycles. The molecule has 1 aliphatic heterocycles. The van der Waals surface area contributed by atoms with Crippen LogP contribution in [-0.2, 0) is 6.42 Å². The summed E-state index contributed by atoms with van der Waals surface area (Å²) in [5.41, 5.74) is 1.53. The number of nitrogens with zero attached hydrogens (tertiary/aromatic N) is 2. The van der Waals surface area contributed by atoms with E-state index in [1.807, 2.05) is 30.3 Å². The van der Waals surface area contributed by atoms with E-state index in [-0.39, 0.29) is 17.9 Å². The molecule has 0 unspecified atom stereocenters. The van der Waals surface area contributed by atoms with Crippen LogP contribution in [0.3, 0.4) is 0 Å². The van der Waals surface area contributed by atoms with E-state index in [0.717, 1.165) is 18.4 Å². The molecule has 0 spiro atoms. The van der Waals surface area contributed by atoms with Gasteiger partial charge in [-0.2, -0.15) is 0 Å². The Bertz CT molecular complexity index is 897. The standard InChI is InChI=1S/C22H25N3O5/c26-20(15-25(29)30)19(13-16-7-2-1-3-8-16)23-21(27)17-9-6-10-18(14-17)22(28)24-11-4-5-12-24/h1-3,6-10,14,19-20,26H,4-5,11-13,15H2,(H,23,27)/t19-,20+/m0/s1. The predicted molar refractivity (Wildman–Crippen MR) is 111 cm³/mol. The topological polar surface area (TPSA) is 113 Å². The molecule has 0 radical (unpaired) electrons. The Morgan fingerprint density at radius 3 is 2.40 bits per heavy atom. The number of carbonyl (C=O) groups is 2. The summed E-state index contributed by atoms with van der Waals surface area (Å²) in [5, 5.41) is 23.9. The maximum atomic E-state index is 12.8. The SMILES string of the molecule is O=C(N[C@@H](Cc1ccccc1)[C@H](O)C[N+](=O)[O-])c1cccc(C(=O)N2CCCC2)c1. The highest BCUT2D eigenvalue weighted by atomic mass is 16.6. The lowest BCUT2D eigenvalue weighted by Crippen LogP contribution is -2.47. The first-order chi connectivity index (χ1) is 14.4. The van der Waals surface area contributed by atoms with Gasteiger partial charge in [-0.15, -0.1) is 0 Å². The number of amides is 2. The lowest BCUT2D eigenvalue weighted by Gasteiger charge is -2.22. The van der Waals surface area contributed by atoms with Crippen molar-refractivity contribution in [2.75, 3.05) is 19.6 Å². The molecule has 8 nitrogen and oxygen atoms in total. The Morgan fingerprint density at radius 2 is 1.73 bits per heavy atom. The average Bonchev–Trinajstić information content (AvgIpc) is 3.28. The van der Waals surface area contributed by atoms with Gasteiger partial charge in [-0.05, 0) is 43.0 Å². The number of nitrogens with one attached hydrogen (secondary N) is 1. The number of likely N-dealkylation sites (tertiary alicyclic amines) is 1. The van der Waals surface area contributed by atoms with Crippen LogP contribution in [-0.4, -0.2) is 58.5 Å². The van der Waals surface area contributed by atoms with Crippen molar-refractivity contribution in [1.82, 2.24) is 10.2 Å². The molecule has 30 heavy (non-hydrogen) atoms. The van der Waals surface area contributed by atoms with Crippen molar-refractivity contribution in [1.29, 1.82) is 0 Å². The second-order valence-corrected chi connectivity index (χ2v) is 7.43. The van der Waals surface area contributed by atoms with Crippen LogP contribution < -0.4 is 5.32 Å². The Hall–Kier alpha value is -3.26. The fourth-order valence-corrected chi connectivity index (χ4v) is 3.58. The highest BCUT2D eigenvalue weighted by molar-refractivity contribution is 5.99. The summed E-state index contributed by atoms with van der Waals surface area (Å²) in [6.45, 7) is 0.744. The number of rotatable bonds is 8. The molecule has 1 fully saturated rings. The van der Waals surface area contributed by atoms with Crippen LogP contribution >= 0.6 is 0 Å². The number of nitro groups is 1. The number of benzene rings is 2. The van der Waals surface area contributed by atoms with Gasteiger partial charge in [0.05, 0.1) is 6.04 Å². The smallest absolute Gasteiger partial charge is 0.253 e. The second kappa shape index (κ2) is 9.98. The predicted octanol–water partition coefficient (Wildman–Crippen LogP) is 1.90. The number of aliphatic hydroxyl groups excluding tert-OH is 1. The Labute approximate surface area is 174 Å². The molecule has 1 aliphatic rings. The third-order valence-corrected chi connectivity index (χ3v) is 5.18. The quantitative estimate of drug-likeness (QED) is 0.509. The molecule has 0 aliphatic carbocycles. The molecule has 3 rings (SSSR count). The molecule has 2 aromatic carbocycles. The van der Waals surface area contributed by atoms with Crippen molar-refractivity contribution in [3.8, 4) is 0 Å². The summed E-state index contributed by atoms with van der Waals surface area (Å²) in [5.74, 6) is -0.606. The zero-order valence-corrected chi connectivity index (χ0v) is 16.6. The lowest BCUT2D eigenvalue weighted by atomic mass is 10.0. The fraction of sp³-hybridized carbons (Fsp3) is 0.364. The van der Waals surface area contributed by atoms with E-state index in [4.69, 9.17) is 0 Å². The first-order valence-corrected chi connectivity index (χ1v) is 9.98. The molecule has 0 bridgehead atoms. The normalized spacial score (nSPS) is 15.4. The Kier molecular flexibility index (Phi) is 7.13. The fourth-order valence-electron chi connectivity index (χ4n) is 3.58. The number of aliphatic hydroxyl groups is 1. The van der Waals surface area contributed by atoms with Crippen molar-refractivity contribution < 1.29 is 19.6 Å². The third-order valence-electron chi connectivity index (χ3n) is 5.18. The largest absolute Gasteiger partial charge is 0.384 e. The summed E-state index contributed by atoms with van der Waals surface area (Å²) >= 11 is 0. The number of hydrogen-bond donors (Lipinski definition) is 2. The van der Waals surface area contributed by atoms with Gasteiger partial charge in [-0.3, -0.25) is 19.7 Å². The molecule has 2 N–H and O–H groups in total. The van der Waals surface area contributed by atoms with Crippen molar-refractivity contribution in [2.24, 2.45) is 0 Å². The highest BCUT2D eigenvalue weighted by Crippen LogP contribution is 2.15.